The first-order valence-corrected chi connectivity index (χ1v) is 14.2. The summed E-state index contributed by atoms with van der Waals surface area (Å²) < 4.78 is 11.7. The van der Waals surface area contributed by atoms with E-state index in [1.807, 2.05) is 19.1 Å². The third kappa shape index (κ3) is 8.09. The van der Waals surface area contributed by atoms with E-state index in [0.29, 0.717) is 29.0 Å². The first-order chi connectivity index (χ1) is 16.3. The lowest BCUT2D eigenvalue weighted by Gasteiger charge is -2.41. The quantitative estimate of drug-likeness (QED) is 0.0908. The summed E-state index contributed by atoms with van der Waals surface area (Å²) in [5.41, 5.74) is 6.04. The van der Waals surface area contributed by atoms with Crippen molar-refractivity contribution < 1.29 is 19.4 Å². The van der Waals surface area contributed by atoms with E-state index >= 15 is 0 Å². The van der Waals surface area contributed by atoms with E-state index in [0.717, 1.165) is 44.1 Å². The molecule has 0 spiro atoms. The molecule has 3 N–H and O–H groups in total. The molecule has 1 saturated carbocycles. The number of carbonyl (C=O) groups excluding carboxylic acids is 1. The molecule has 0 aromatic heterocycles. The molecular formula is C28H45NO4S2. The summed E-state index contributed by atoms with van der Waals surface area (Å²) in [4.78, 5) is 14.1. The predicted octanol–water partition coefficient (Wildman–Crippen LogP) is 7.42. The molecule has 0 bridgehead atoms. The second kappa shape index (κ2) is 12.8. The Labute approximate surface area is 222 Å². The fourth-order valence-corrected chi connectivity index (χ4v) is 6.03. The summed E-state index contributed by atoms with van der Waals surface area (Å²) >= 11 is 5.33. The molecule has 2 aliphatic rings. The van der Waals surface area contributed by atoms with Crippen molar-refractivity contribution in [3.05, 3.63) is 45.6 Å². The van der Waals surface area contributed by atoms with Crippen LogP contribution in [0.25, 0.3) is 0 Å². The lowest BCUT2D eigenvalue weighted by atomic mass is 9.76. The zero-order chi connectivity index (χ0) is 26.4. The van der Waals surface area contributed by atoms with E-state index in [2.05, 4.69) is 53.8 Å². The molecule has 1 aliphatic heterocycles. The number of hydrogen-bond donors (Lipinski definition) is 3. The van der Waals surface area contributed by atoms with Gasteiger partial charge in [0.05, 0.1) is 0 Å². The molecule has 1 fully saturated rings. The molecule has 198 valence electrons. The monoisotopic (exact) mass is 523 g/mol. The fourth-order valence-electron chi connectivity index (χ4n) is 4.84. The van der Waals surface area contributed by atoms with Crippen LogP contribution >= 0.6 is 24.4 Å². The molecule has 2 rings (SSSR count). The maximum absolute atomic E-state index is 13.2. The van der Waals surface area contributed by atoms with Gasteiger partial charge < -0.3 is 20.3 Å². The van der Waals surface area contributed by atoms with Crippen LogP contribution in [0.4, 0.5) is 0 Å². The Bertz CT molecular complexity index is 861. The van der Waals surface area contributed by atoms with Gasteiger partial charge in [0.25, 0.3) is 0 Å². The summed E-state index contributed by atoms with van der Waals surface area (Å²) in [6, 6.07) is 0.317. The number of aliphatic hydroxyl groups is 1. The predicted molar refractivity (Wildman–Crippen MR) is 150 cm³/mol. The maximum Gasteiger partial charge on any atom is 0.349 e. The molecule has 5 nitrogen and oxygen atoms in total. The van der Waals surface area contributed by atoms with E-state index in [1.54, 1.807) is 0 Å². The van der Waals surface area contributed by atoms with Gasteiger partial charge in [-0.15, -0.1) is 12.6 Å². The molecule has 1 aliphatic carbocycles. The van der Waals surface area contributed by atoms with Crippen molar-refractivity contribution >= 4 is 30.4 Å². The van der Waals surface area contributed by atoms with Crippen LogP contribution in [-0.2, 0) is 14.3 Å². The van der Waals surface area contributed by atoms with Gasteiger partial charge in [-0.1, -0.05) is 53.0 Å². The Morgan fingerprint density at radius 2 is 1.97 bits per heavy atom. The number of hydrogen-bond acceptors (Lipinski definition) is 7. The number of allylic oxidation sites excluding steroid dienone is 3. The molecule has 1 unspecified atom stereocenters. The van der Waals surface area contributed by atoms with Gasteiger partial charge in [-0.2, -0.15) is 0 Å². The minimum atomic E-state index is -0.687. The van der Waals surface area contributed by atoms with Crippen molar-refractivity contribution in [2.75, 3.05) is 5.94 Å². The average Bonchev–Trinajstić information content (AvgIpc) is 2.77. The third-order valence-electron chi connectivity index (χ3n) is 7.27. The SMILES string of the molecule is C=C(SC1=C(O)CC(CCC2CCC(N)CC2)(C(C)C)OC1=O)/C(=C\C(=C\C)OCS)C(C)(C)C. The van der Waals surface area contributed by atoms with Crippen LogP contribution < -0.4 is 5.73 Å². The highest BCUT2D eigenvalue weighted by molar-refractivity contribution is 8.07. The van der Waals surface area contributed by atoms with Crippen LogP contribution in [0.2, 0.25) is 0 Å². The Hall–Kier alpha value is -1.31. The van der Waals surface area contributed by atoms with Gasteiger partial charge in [0.1, 0.15) is 28.0 Å². The summed E-state index contributed by atoms with van der Waals surface area (Å²) in [5, 5.41) is 11.1. The highest BCUT2D eigenvalue weighted by Gasteiger charge is 2.45. The number of thiol groups is 1. The molecule has 0 radical (unpaired) electrons. The van der Waals surface area contributed by atoms with Crippen LogP contribution in [0.15, 0.2) is 45.6 Å². The summed E-state index contributed by atoms with van der Waals surface area (Å²) in [7, 11) is 0. The largest absolute Gasteiger partial charge is 0.511 e. The van der Waals surface area contributed by atoms with Gasteiger partial charge >= 0.3 is 5.97 Å². The molecule has 1 atom stereocenters. The van der Waals surface area contributed by atoms with E-state index in [-0.39, 0.29) is 27.9 Å². The van der Waals surface area contributed by atoms with Crippen molar-refractivity contribution in [3.63, 3.8) is 0 Å². The molecule has 1 heterocycles. The van der Waals surface area contributed by atoms with Gasteiger partial charge in [0.2, 0.25) is 0 Å². The van der Waals surface area contributed by atoms with Crippen LogP contribution in [0, 0.1) is 17.3 Å². The third-order valence-corrected chi connectivity index (χ3v) is 8.47. The highest BCUT2D eigenvalue weighted by Crippen LogP contribution is 2.46. The van der Waals surface area contributed by atoms with E-state index in [1.165, 1.54) is 11.8 Å². The topological polar surface area (TPSA) is 81.8 Å². The second-order valence-corrected chi connectivity index (χ2v) is 12.5. The van der Waals surface area contributed by atoms with Crippen molar-refractivity contribution in [1.82, 2.24) is 0 Å². The van der Waals surface area contributed by atoms with Gasteiger partial charge in [0, 0.05) is 17.4 Å². The summed E-state index contributed by atoms with van der Waals surface area (Å²) in [6.07, 6.45) is 10.2. The molecule has 0 saturated heterocycles. The smallest absolute Gasteiger partial charge is 0.349 e. The molecule has 0 aromatic carbocycles. The van der Waals surface area contributed by atoms with Crippen molar-refractivity contribution in [2.24, 2.45) is 23.0 Å². The van der Waals surface area contributed by atoms with Gasteiger partial charge in [-0.05, 0) is 80.4 Å². The molecule has 0 amide bonds. The van der Waals surface area contributed by atoms with E-state index < -0.39 is 11.6 Å². The number of carbonyl (C=O) groups is 1. The Kier molecular flexibility index (Phi) is 10.9. The van der Waals surface area contributed by atoms with Gasteiger partial charge in [-0.3, -0.25) is 0 Å². The van der Waals surface area contributed by atoms with Crippen LogP contribution in [0.3, 0.4) is 0 Å². The van der Waals surface area contributed by atoms with Crippen molar-refractivity contribution in [2.45, 2.75) is 98.1 Å². The normalized spacial score (nSPS) is 26.7. The van der Waals surface area contributed by atoms with Crippen molar-refractivity contribution in [3.8, 4) is 0 Å². The molecule has 35 heavy (non-hydrogen) atoms. The minimum Gasteiger partial charge on any atom is -0.511 e. The second-order valence-electron chi connectivity index (χ2n) is 11.2. The fraction of sp³-hybridized carbons (Fsp3) is 0.679. The number of esters is 1. The minimum absolute atomic E-state index is 0.0925. The van der Waals surface area contributed by atoms with Gasteiger partial charge in [-0.25, -0.2) is 4.79 Å². The lowest BCUT2D eigenvalue weighted by Crippen LogP contribution is -2.44. The number of rotatable bonds is 10. The zero-order valence-electron chi connectivity index (χ0n) is 22.4. The van der Waals surface area contributed by atoms with Gasteiger partial charge in [0.15, 0.2) is 0 Å². The first kappa shape index (κ1) is 29.9. The van der Waals surface area contributed by atoms with Crippen molar-refractivity contribution in [1.29, 1.82) is 0 Å². The van der Waals surface area contributed by atoms with E-state index in [4.69, 9.17) is 15.2 Å². The number of nitrogens with two attached hydrogens (primary N) is 1. The first-order valence-electron chi connectivity index (χ1n) is 12.7. The van der Waals surface area contributed by atoms with E-state index in [9.17, 15) is 9.90 Å². The Morgan fingerprint density at radius 1 is 1.34 bits per heavy atom. The number of cyclic esters (lactones) is 1. The summed E-state index contributed by atoms with van der Waals surface area (Å²) in [5.74, 6) is 1.26. The Morgan fingerprint density at radius 3 is 2.46 bits per heavy atom. The standard InChI is InChI=1S/C28H45NO4S2/c1-8-22(32-17-34)15-23(27(5,6)7)19(4)35-25-24(30)16-28(18(2)3,33-26(25)31)14-13-20-9-11-21(29)12-10-20/h8,15,18,20-21,30,34H,4,9-14,16-17,29H2,1-3,5-7H3/b22-8-,23-15+. The number of ether oxygens (including phenoxy) is 2. The lowest BCUT2D eigenvalue weighted by molar-refractivity contribution is -0.165. The molecular weight excluding hydrogens is 478 g/mol. The zero-order valence-corrected chi connectivity index (χ0v) is 24.1. The van der Waals surface area contributed by atoms with Crippen LogP contribution in [0.5, 0.6) is 0 Å². The number of thioether (sulfide) groups is 1. The summed E-state index contributed by atoms with van der Waals surface area (Å²) in [6.45, 7) is 16.5. The molecule has 7 heteroatoms. The maximum atomic E-state index is 13.2. The Balaban J connectivity index is 2.22. The number of aliphatic hydroxyl groups excluding tert-OH is 1. The molecule has 0 aromatic rings. The highest BCUT2D eigenvalue weighted by atomic mass is 32.2. The average molecular weight is 524 g/mol. The van der Waals surface area contributed by atoms with Crippen LogP contribution in [-0.4, -0.2) is 28.7 Å². The van der Waals surface area contributed by atoms with Crippen LogP contribution in [0.1, 0.15) is 86.5 Å².